The maximum atomic E-state index is 13.4. The van der Waals surface area contributed by atoms with Crippen molar-refractivity contribution >= 4 is 15.9 Å². The molecule has 0 unspecified atom stereocenters. The van der Waals surface area contributed by atoms with Gasteiger partial charge in [0.1, 0.15) is 18.2 Å². The Balaban J connectivity index is 2.08. The van der Waals surface area contributed by atoms with Crippen molar-refractivity contribution in [2.24, 2.45) is 5.73 Å². The van der Waals surface area contributed by atoms with Gasteiger partial charge in [-0.25, -0.2) is 4.39 Å². The second-order valence-corrected chi connectivity index (χ2v) is 5.21. The number of nitrogens with two attached hydrogens (primary N) is 1. The first-order valence-electron chi connectivity index (χ1n) is 5.99. The number of halogens is 2. The molecule has 2 N–H and O–H groups in total. The molecule has 0 saturated heterocycles. The molecular weight excluding hydrogens is 309 g/mol. The average Bonchev–Trinajstić information content (AvgIpc) is 2.37. The molecule has 0 fully saturated rings. The lowest BCUT2D eigenvalue weighted by atomic mass is 10.1. The highest BCUT2D eigenvalue weighted by Gasteiger charge is 2.07. The van der Waals surface area contributed by atoms with Gasteiger partial charge in [-0.2, -0.15) is 0 Å². The van der Waals surface area contributed by atoms with Crippen LogP contribution in [0.1, 0.15) is 24.1 Å². The molecule has 19 heavy (non-hydrogen) atoms. The van der Waals surface area contributed by atoms with E-state index in [0.717, 1.165) is 10.0 Å². The third kappa shape index (κ3) is 3.55. The Morgan fingerprint density at radius 3 is 2.63 bits per heavy atom. The van der Waals surface area contributed by atoms with Crippen LogP contribution in [0.3, 0.4) is 0 Å². The Morgan fingerprint density at radius 2 is 2.00 bits per heavy atom. The highest BCUT2D eigenvalue weighted by atomic mass is 79.9. The SMILES string of the molecule is C[C@@H](N)c1ccc(OCc2ccccc2F)cc1Br. The molecule has 0 radical (unpaired) electrons. The molecule has 0 aliphatic carbocycles. The van der Waals surface area contributed by atoms with E-state index in [9.17, 15) is 4.39 Å². The zero-order valence-corrected chi connectivity index (χ0v) is 12.2. The summed E-state index contributed by atoms with van der Waals surface area (Å²) >= 11 is 3.45. The number of rotatable bonds is 4. The van der Waals surface area contributed by atoms with Gasteiger partial charge in [-0.15, -0.1) is 0 Å². The zero-order valence-electron chi connectivity index (χ0n) is 10.6. The van der Waals surface area contributed by atoms with Crippen LogP contribution in [0.25, 0.3) is 0 Å². The van der Waals surface area contributed by atoms with E-state index in [0.29, 0.717) is 11.3 Å². The molecule has 0 saturated carbocycles. The maximum absolute atomic E-state index is 13.4. The van der Waals surface area contributed by atoms with Crippen LogP contribution >= 0.6 is 15.9 Å². The lowest BCUT2D eigenvalue weighted by Gasteiger charge is -2.11. The second kappa shape index (κ2) is 6.17. The molecule has 2 rings (SSSR count). The van der Waals surface area contributed by atoms with Crippen molar-refractivity contribution in [1.82, 2.24) is 0 Å². The molecule has 4 heteroatoms. The van der Waals surface area contributed by atoms with Crippen molar-refractivity contribution in [2.45, 2.75) is 19.6 Å². The highest BCUT2D eigenvalue weighted by molar-refractivity contribution is 9.10. The van der Waals surface area contributed by atoms with Gasteiger partial charge >= 0.3 is 0 Å². The van der Waals surface area contributed by atoms with E-state index in [-0.39, 0.29) is 18.5 Å². The van der Waals surface area contributed by atoms with Crippen molar-refractivity contribution in [3.63, 3.8) is 0 Å². The van der Waals surface area contributed by atoms with Gasteiger partial charge in [0, 0.05) is 16.1 Å². The van der Waals surface area contributed by atoms with Crippen LogP contribution in [-0.4, -0.2) is 0 Å². The first-order valence-corrected chi connectivity index (χ1v) is 6.78. The van der Waals surface area contributed by atoms with Crippen molar-refractivity contribution in [3.05, 3.63) is 63.9 Å². The number of hydrogen-bond donors (Lipinski definition) is 1. The Kier molecular flexibility index (Phi) is 4.56. The third-order valence-electron chi connectivity index (χ3n) is 2.81. The Hall–Kier alpha value is -1.39. The molecule has 100 valence electrons. The molecule has 2 aromatic carbocycles. The normalized spacial score (nSPS) is 12.2. The highest BCUT2D eigenvalue weighted by Crippen LogP contribution is 2.27. The summed E-state index contributed by atoms with van der Waals surface area (Å²) < 4.78 is 19.9. The van der Waals surface area contributed by atoms with Crippen LogP contribution in [0.5, 0.6) is 5.75 Å². The Bertz CT molecular complexity index is 572. The summed E-state index contributed by atoms with van der Waals surface area (Å²) in [6, 6.07) is 12.1. The third-order valence-corrected chi connectivity index (χ3v) is 3.50. The minimum absolute atomic E-state index is 0.0463. The zero-order chi connectivity index (χ0) is 13.8. The molecule has 2 aromatic rings. The largest absolute Gasteiger partial charge is 0.489 e. The van der Waals surface area contributed by atoms with Gasteiger partial charge in [-0.05, 0) is 30.7 Å². The molecule has 0 aliphatic rings. The van der Waals surface area contributed by atoms with E-state index in [1.165, 1.54) is 6.07 Å². The fraction of sp³-hybridized carbons (Fsp3) is 0.200. The van der Waals surface area contributed by atoms with Gasteiger partial charge in [0.2, 0.25) is 0 Å². The van der Waals surface area contributed by atoms with Gasteiger partial charge in [-0.3, -0.25) is 0 Å². The van der Waals surface area contributed by atoms with E-state index in [1.54, 1.807) is 18.2 Å². The van der Waals surface area contributed by atoms with Crippen molar-refractivity contribution in [3.8, 4) is 5.75 Å². The standard InChI is InChI=1S/C15H15BrFNO/c1-10(18)13-7-6-12(8-14(13)16)19-9-11-4-2-3-5-15(11)17/h2-8,10H,9,18H2,1H3/t10-/m1/s1. The van der Waals surface area contributed by atoms with Crippen LogP contribution in [0.2, 0.25) is 0 Å². The molecule has 0 heterocycles. The minimum atomic E-state index is -0.256. The smallest absolute Gasteiger partial charge is 0.129 e. The summed E-state index contributed by atoms with van der Waals surface area (Å²) in [7, 11) is 0. The molecule has 0 spiro atoms. The van der Waals surface area contributed by atoms with Crippen LogP contribution < -0.4 is 10.5 Å². The van der Waals surface area contributed by atoms with Gasteiger partial charge in [0.25, 0.3) is 0 Å². The summed E-state index contributed by atoms with van der Waals surface area (Å²) in [5, 5.41) is 0. The summed E-state index contributed by atoms with van der Waals surface area (Å²) in [6.07, 6.45) is 0. The number of hydrogen-bond acceptors (Lipinski definition) is 2. The lowest BCUT2D eigenvalue weighted by molar-refractivity contribution is 0.299. The molecule has 0 aliphatic heterocycles. The molecule has 2 nitrogen and oxygen atoms in total. The number of ether oxygens (including phenoxy) is 1. The Labute approximate surface area is 120 Å². The van der Waals surface area contributed by atoms with Crippen LogP contribution in [0.15, 0.2) is 46.9 Å². The maximum Gasteiger partial charge on any atom is 0.129 e. The number of benzene rings is 2. The van der Waals surface area contributed by atoms with Crippen molar-refractivity contribution in [1.29, 1.82) is 0 Å². The fourth-order valence-electron chi connectivity index (χ4n) is 1.74. The topological polar surface area (TPSA) is 35.2 Å². The van der Waals surface area contributed by atoms with Crippen molar-refractivity contribution < 1.29 is 9.13 Å². The molecule has 0 bridgehead atoms. The summed E-state index contributed by atoms with van der Waals surface area (Å²) in [5.74, 6) is 0.424. The van der Waals surface area contributed by atoms with E-state index in [4.69, 9.17) is 10.5 Å². The van der Waals surface area contributed by atoms with E-state index in [1.807, 2.05) is 25.1 Å². The van der Waals surface area contributed by atoms with E-state index >= 15 is 0 Å². The molecule has 0 aromatic heterocycles. The molecule has 0 amide bonds. The van der Waals surface area contributed by atoms with Crippen LogP contribution in [-0.2, 0) is 6.61 Å². The predicted octanol–water partition coefficient (Wildman–Crippen LogP) is 4.19. The quantitative estimate of drug-likeness (QED) is 0.915. The van der Waals surface area contributed by atoms with Gasteiger partial charge in [0.15, 0.2) is 0 Å². The van der Waals surface area contributed by atoms with E-state index in [2.05, 4.69) is 15.9 Å². The summed E-state index contributed by atoms with van der Waals surface area (Å²) in [4.78, 5) is 0. The van der Waals surface area contributed by atoms with Gasteiger partial charge in [0.05, 0.1) is 0 Å². The fourth-order valence-corrected chi connectivity index (χ4v) is 2.46. The van der Waals surface area contributed by atoms with E-state index < -0.39 is 0 Å². The first kappa shape index (κ1) is 14.0. The summed E-state index contributed by atoms with van der Waals surface area (Å²) in [6.45, 7) is 2.12. The molecule has 1 atom stereocenters. The first-order chi connectivity index (χ1) is 9.08. The van der Waals surface area contributed by atoms with Crippen LogP contribution in [0, 0.1) is 5.82 Å². The Morgan fingerprint density at radius 1 is 1.26 bits per heavy atom. The second-order valence-electron chi connectivity index (χ2n) is 4.35. The lowest BCUT2D eigenvalue weighted by Crippen LogP contribution is -2.06. The van der Waals surface area contributed by atoms with Gasteiger partial charge < -0.3 is 10.5 Å². The predicted molar refractivity (Wildman–Crippen MR) is 77.5 cm³/mol. The monoisotopic (exact) mass is 323 g/mol. The minimum Gasteiger partial charge on any atom is -0.489 e. The molecular formula is C15H15BrFNO. The average molecular weight is 324 g/mol. The van der Waals surface area contributed by atoms with Crippen LogP contribution in [0.4, 0.5) is 4.39 Å². The van der Waals surface area contributed by atoms with Gasteiger partial charge in [-0.1, -0.05) is 40.2 Å². The summed E-state index contributed by atoms with van der Waals surface area (Å²) in [5.41, 5.74) is 7.38. The van der Waals surface area contributed by atoms with Crippen molar-refractivity contribution in [2.75, 3.05) is 0 Å².